The molecule has 0 radical (unpaired) electrons. The Morgan fingerprint density at radius 3 is 2.21 bits per heavy atom. The van der Waals surface area contributed by atoms with Gasteiger partial charge in [0.15, 0.2) is 4.80 Å². The molecule has 6 nitrogen and oxygen atoms in total. The van der Waals surface area contributed by atoms with Crippen molar-refractivity contribution in [3.05, 3.63) is 58.7 Å². The van der Waals surface area contributed by atoms with E-state index in [1.807, 2.05) is 43.3 Å². The number of hydrogen-bond acceptors (Lipinski definition) is 5. The zero-order chi connectivity index (χ0) is 23.3. The average Bonchev–Trinajstić information content (AvgIpc) is 3.03. The summed E-state index contributed by atoms with van der Waals surface area (Å²) in [5.74, 6) is 0.835. The van der Waals surface area contributed by atoms with Gasteiger partial charge in [0.1, 0.15) is 5.75 Å². The molecule has 1 aromatic heterocycles. The molecule has 1 saturated heterocycles. The average molecular weight is 486 g/mol. The third kappa shape index (κ3) is 5.39. The number of hydrogen-bond donors (Lipinski definition) is 0. The molecule has 3 aromatic rings. The summed E-state index contributed by atoms with van der Waals surface area (Å²) >= 11 is 1.58. The van der Waals surface area contributed by atoms with Gasteiger partial charge in [-0.25, -0.2) is 13.4 Å². The molecule has 0 saturated carbocycles. The molecule has 33 heavy (non-hydrogen) atoms. The highest BCUT2D eigenvalue weighted by Gasteiger charge is 2.25. The van der Waals surface area contributed by atoms with Gasteiger partial charge in [-0.3, -0.25) is 0 Å². The van der Waals surface area contributed by atoms with E-state index in [-0.39, 0.29) is 0 Å². The molecule has 0 amide bonds. The lowest BCUT2D eigenvalue weighted by molar-refractivity contribution is 0.340. The molecule has 1 aliphatic heterocycles. The normalized spacial score (nSPS) is 16.0. The van der Waals surface area contributed by atoms with Crippen molar-refractivity contribution >= 4 is 27.0 Å². The van der Waals surface area contributed by atoms with Crippen molar-refractivity contribution in [3.8, 4) is 17.0 Å². The SMILES string of the molecule is CCOc1ccc(N=c2scc(-c3ccc(S(=O)(=O)N4CCCCCC4)cc3)n2CC)cc1. The fourth-order valence-corrected chi connectivity index (χ4v) is 6.59. The first-order valence-corrected chi connectivity index (χ1v) is 13.9. The highest BCUT2D eigenvalue weighted by molar-refractivity contribution is 7.89. The van der Waals surface area contributed by atoms with Crippen molar-refractivity contribution in [2.24, 2.45) is 4.99 Å². The molecule has 4 rings (SSSR count). The lowest BCUT2D eigenvalue weighted by Crippen LogP contribution is -2.31. The van der Waals surface area contributed by atoms with Crippen LogP contribution in [0.2, 0.25) is 0 Å². The summed E-state index contributed by atoms with van der Waals surface area (Å²) in [5.41, 5.74) is 2.88. The molecule has 176 valence electrons. The fourth-order valence-electron chi connectivity index (χ4n) is 4.08. The third-order valence-electron chi connectivity index (χ3n) is 5.84. The second-order valence-electron chi connectivity index (χ2n) is 8.03. The van der Waals surface area contributed by atoms with Crippen molar-refractivity contribution in [2.45, 2.75) is 51.0 Å². The highest BCUT2D eigenvalue weighted by atomic mass is 32.2. The van der Waals surface area contributed by atoms with E-state index in [0.29, 0.717) is 24.6 Å². The van der Waals surface area contributed by atoms with E-state index < -0.39 is 10.0 Å². The molecule has 0 N–H and O–H groups in total. The molecule has 2 heterocycles. The summed E-state index contributed by atoms with van der Waals surface area (Å²) in [6.07, 6.45) is 4.07. The molecule has 8 heteroatoms. The van der Waals surface area contributed by atoms with E-state index in [2.05, 4.69) is 16.9 Å². The van der Waals surface area contributed by atoms with Gasteiger partial charge in [-0.2, -0.15) is 4.31 Å². The van der Waals surface area contributed by atoms with Gasteiger partial charge in [0.05, 0.1) is 22.9 Å². The van der Waals surface area contributed by atoms with E-state index in [1.54, 1.807) is 27.8 Å². The summed E-state index contributed by atoms with van der Waals surface area (Å²) in [5, 5.41) is 2.08. The molecular weight excluding hydrogens is 454 g/mol. The minimum absolute atomic E-state index is 0.366. The molecular formula is C25H31N3O3S2. The van der Waals surface area contributed by atoms with Gasteiger partial charge in [-0.1, -0.05) is 25.0 Å². The fraction of sp³-hybridized carbons (Fsp3) is 0.400. The minimum Gasteiger partial charge on any atom is -0.494 e. The molecule has 1 aliphatic rings. The maximum atomic E-state index is 13.1. The van der Waals surface area contributed by atoms with Crippen LogP contribution in [0, 0.1) is 0 Å². The summed E-state index contributed by atoms with van der Waals surface area (Å²) in [6, 6.07) is 15.0. The lowest BCUT2D eigenvalue weighted by Gasteiger charge is -2.20. The molecule has 0 unspecified atom stereocenters. The van der Waals surface area contributed by atoms with Crippen molar-refractivity contribution in [1.82, 2.24) is 8.87 Å². The number of sulfonamides is 1. The predicted octanol–water partition coefficient (Wildman–Crippen LogP) is 5.43. The molecule has 0 aliphatic carbocycles. The summed E-state index contributed by atoms with van der Waals surface area (Å²) in [7, 11) is -3.44. The maximum Gasteiger partial charge on any atom is 0.243 e. The number of thiazole rings is 1. The van der Waals surface area contributed by atoms with E-state index in [1.165, 1.54) is 0 Å². The zero-order valence-corrected chi connectivity index (χ0v) is 20.9. The summed E-state index contributed by atoms with van der Waals surface area (Å²) < 4.78 is 35.5. The predicted molar refractivity (Wildman–Crippen MR) is 133 cm³/mol. The van der Waals surface area contributed by atoms with Crippen LogP contribution in [-0.2, 0) is 16.6 Å². The maximum absolute atomic E-state index is 13.1. The largest absolute Gasteiger partial charge is 0.494 e. The van der Waals surface area contributed by atoms with E-state index in [4.69, 9.17) is 9.73 Å². The first kappa shape index (κ1) is 23.7. The van der Waals surface area contributed by atoms with Crippen LogP contribution in [0.15, 0.2) is 63.8 Å². The van der Waals surface area contributed by atoms with Crippen molar-refractivity contribution in [3.63, 3.8) is 0 Å². The minimum atomic E-state index is -3.44. The van der Waals surface area contributed by atoms with Crippen molar-refractivity contribution in [2.75, 3.05) is 19.7 Å². The Morgan fingerprint density at radius 2 is 1.61 bits per heavy atom. The summed E-state index contributed by atoms with van der Waals surface area (Å²) in [6.45, 7) is 6.68. The lowest BCUT2D eigenvalue weighted by atomic mass is 10.2. The van der Waals surface area contributed by atoms with E-state index >= 15 is 0 Å². The number of benzene rings is 2. The van der Waals surface area contributed by atoms with Crippen LogP contribution in [0.25, 0.3) is 11.3 Å². The van der Waals surface area contributed by atoms with Crippen molar-refractivity contribution < 1.29 is 13.2 Å². The smallest absolute Gasteiger partial charge is 0.243 e. The van der Waals surface area contributed by atoms with Crippen LogP contribution in [0.4, 0.5) is 5.69 Å². The molecule has 1 fully saturated rings. The van der Waals surface area contributed by atoms with Crippen LogP contribution >= 0.6 is 11.3 Å². The molecule has 2 aromatic carbocycles. The van der Waals surface area contributed by atoms with Gasteiger partial charge in [-0.05, 0) is 68.7 Å². The van der Waals surface area contributed by atoms with Crippen LogP contribution < -0.4 is 9.54 Å². The number of aromatic nitrogens is 1. The first-order chi connectivity index (χ1) is 16.0. The molecule has 0 spiro atoms. The van der Waals surface area contributed by atoms with E-state index in [0.717, 1.165) is 59.7 Å². The van der Waals surface area contributed by atoms with Crippen LogP contribution in [0.5, 0.6) is 5.75 Å². The van der Waals surface area contributed by atoms with E-state index in [9.17, 15) is 8.42 Å². The Kier molecular flexibility index (Phi) is 7.67. The van der Waals surface area contributed by atoms with Gasteiger partial charge in [-0.15, -0.1) is 11.3 Å². The standard InChI is InChI=1S/C25H31N3O3S2/c1-3-28-24(19-32-25(28)26-21-11-13-22(14-12-21)31-4-2)20-9-15-23(16-10-20)33(29,30)27-17-7-5-6-8-18-27/h9-16,19H,3-8,17-18H2,1-2H3. The Bertz CT molecular complexity index is 1220. The Hall–Kier alpha value is -2.42. The highest BCUT2D eigenvalue weighted by Crippen LogP contribution is 2.26. The van der Waals surface area contributed by atoms with Crippen LogP contribution in [0.1, 0.15) is 39.5 Å². The number of nitrogens with zero attached hydrogens (tertiary/aromatic N) is 3. The topological polar surface area (TPSA) is 63.9 Å². The zero-order valence-electron chi connectivity index (χ0n) is 19.2. The second kappa shape index (κ2) is 10.7. The quantitative estimate of drug-likeness (QED) is 0.448. The Morgan fingerprint density at radius 1 is 0.939 bits per heavy atom. The van der Waals surface area contributed by atoms with Gasteiger partial charge in [0, 0.05) is 25.0 Å². The van der Waals surface area contributed by atoms with Crippen LogP contribution in [0.3, 0.4) is 0 Å². The van der Waals surface area contributed by atoms with Gasteiger partial charge < -0.3 is 9.30 Å². The second-order valence-corrected chi connectivity index (χ2v) is 10.8. The molecule has 0 bridgehead atoms. The van der Waals surface area contributed by atoms with Gasteiger partial charge in [0.25, 0.3) is 0 Å². The Balaban J connectivity index is 1.60. The monoisotopic (exact) mass is 485 g/mol. The first-order valence-electron chi connectivity index (χ1n) is 11.6. The number of rotatable bonds is 7. The molecule has 0 atom stereocenters. The third-order valence-corrected chi connectivity index (χ3v) is 8.62. The Labute approximate surface area is 200 Å². The van der Waals surface area contributed by atoms with Crippen LogP contribution in [-0.4, -0.2) is 37.0 Å². The van der Waals surface area contributed by atoms with Crippen molar-refractivity contribution in [1.29, 1.82) is 0 Å². The summed E-state index contributed by atoms with van der Waals surface area (Å²) in [4.78, 5) is 6.08. The van der Waals surface area contributed by atoms with Gasteiger partial charge >= 0.3 is 0 Å². The van der Waals surface area contributed by atoms with Gasteiger partial charge in [0.2, 0.25) is 10.0 Å². The number of ether oxygens (including phenoxy) is 1.